The molecule has 0 radical (unpaired) electrons. The monoisotopic (exact) mass is 398 g/mol. The van der Waals surface area contributed by atoms with Crippen molar-refractivity contribution in [2.45, 2.75) is 13.0 Å². The Balaban J connectivity index is 1.71. The summed E-state index contributed by atoms with van der Waals surface area (Å²) in [6.45, 7) is 0.504. The molecule has 0 aliphatic rings. The van der Waals surface area contributed by atoms with Crippen LogP contribution in [0.15, 0.2) is 48.5 Å². The van der Waals surface area contributed by atoms with Crippen LogP contribution in [0.5, 0.6) is 17.2 Å². The summed E-state index contributed by atoms with van der Waals surface area (Å²) in [5.41, 5.74) is 6.64. The van der Waals surface area contributed by atoms with E-state index in [1.165, 1.54) is 0 Å². The van der Waals surface area contributed by atoms with Gasteiger partial charge in [-0.25, -0.2) is 4.79 Å². The third kappa shape index (κ3) is 4.98. The lowest BCUT2D eigenvalue weighted by molar-refractivity contribution is -0.139. The Bertz CT molecular complexity index is 1010. The third-order valence-electron chi connectivity index (χ3n) is 4.34. The molecule has 3 N–H and O–H groups in total. The maximum Gasteiger partial charge on any atom is 0.341 e. The Kier molecular flexibility index (Phi) is 6.23. The first-order valence-corrected chi connectivity index (χ1v) is 9.02. The Labute approximate surface area is 167 Å². The first-order chi connectivity index (χ1) is 14.0. The van der Waals surface area contributed by atoms with Crippen molar-refractivity contribution < 1.29 is 28.9 Å². The smallest absolute Gasteiger partial charge is 0.341 e. The van der Waals surface area contributed by atoms with E-state index in [0.717, 1.165) is 22.4 Å². The summed E-state index contributed by atoms with van der Waals surface area (Å²) in [6, 6.07) is 14.1. The number of carboxylic acid groups (broad SMARTS) is 1. The second-order valence-corrected chi connectivity index (χ2v) is 6.33. The number of rotatable bonds is 10. The summed E-state index contributed by atoms with van der Waals surface area (Å²) in [4.78, 5) is 22.6. The minimum absolute atomic E-state index is 0.375. The highest BCUT2D eigenvalue weighted by atomic mass is 16.5. The Morgan fingerprint density at radius 2 is 1.69 bits per heavy atom. The number of carbonyl (C=O) groups excluding carboxylic acids is 1. The summed E-state index contributed by atoms with van der Waals surface area (Å²) >= 11 is 0. The molecule has 1 aromatic heterocycles. The zero-order valence-electron chi connectivity index (χ0n) is 16.0. The molecule has 29 heavy (non-hydrogen) atoms. The molecule has 8 nitrogen and oxygen atoms in total. The van der Waals surface area contributed by atoms with E-state index in [1.54, 1.807) is 35.9 Å². The SMILES string of the molecule is COc1ccc(OCCCn2c(C(N)=O)cc3ccc(OCC(=O)O)cc32)cc1. The Morgan fingerprint density at radius 1 is 1.00 bits per heavy atom. The molecule has 0 unspecified atom stereocenters. The number of hydrogen-bond acceptors (Lipinski definition) is 5. The average Bonchev–Trinajstić information content (AvgIpc) is 3.08. The summed E-state index contributed by atoms with van der Waals surface area (Å²) in [7, 11) is 1.60. The van der Waals surface area contributed by atoms with Gasteiger partial charge in [-0.15, -0.1) is 0 Å². The topological polar surface area (TPSA) is 113 Å². The minimum atomic E-state index is -1.06. The van der Waals surface area contributed by atoms with Crippen molar-refractivity contribution in [3.8, 4) is 17.2 Å². The van der Waals surface area contributed by atoms with Gasteiger partial charge in [-0.05, 0) is 48.9 Å². The molecular weight excluding hydrogens is 376 g/mol. The van der Waals surface area contributed by atoms with E-state index in [4.69, 9.17) is 25.1 Å². The Hall–Kier alpha value is -3.68. The van der Waals surface area contributed by atoms with Crippen molar-refractivity contribution in [3.63, 3.8) is 0 Å². The predicted octanol–water partition coefficient (Wildman–Crippen LogP) is 2.68. The zero-order valence-corrected chi connectivity index (χ0v) is 16.0. The third-order valence-corrected chi connectivity index (χ3v) is 4.34. The maximum absolute atomic E-state index is 11.9. The minimum Gasteiger partial charge on any atom is -0.497 e. The van der Waals surface area contributed by atoms with E-state index in [9.17, 15) is 9.59 Å². The molecule has 1 amide bonds. The quantitative estimate of drug-likeness (QED) is 0.508. The molecule has 1 heterocycles. The lowest BCUT2D eigenvalue weighted by Crippen LogP contribution is -2.17. The molecule has 0 spiro atoms. The molecule has 152 valence electrons. The lowest BCUT2D eigenvalue weighted by atomic mass is 10.2. The number of aromatic nitrogens is 1. The van der Waals surface area contributed by atoms with E-state index in [1.807, 2.05) is 24.3 Å². The zero-order chi connectivity index (χ0) is 20.8. The molecule has 0 bridgehead atoms. The van der Waals surface area contributed by atoms with Crippen molar-refractivity contribution in [2.24, 2.45) is 5.73 Å². The van der Waals surface area contributed by atoms with Crippen LogP contribution in [0.2, 0.25) is 0 Å². The van der Waals surface area contributed by atoms with Gasteiger partial charge in [-0.3, -0.25) is 4.79 Å². The van der Waals surface area contributed by atoms with Gasteiger partial charge >= 0.3 is 5.97 Å². The molecule has 3 rings (SSSR count). The Morgan fingerprint density at radius 3 is 2.34 bits per heavy atom. The second-order valence-electron chi connectivity index (χ2n) is 6.33. The normalized spacial score (nSPS) is 10.7. The van der Waals surface area contributed by atoms with Gasteiger partial charge in [-0.2, -0.15) is 0 Å². The lowest BCUT2D eigenvalue weighted by Gasteiger charge is -2.11. The van der Waals surface area contributed by atoms with Crippen LogP contribution in [-0.4, -0.2) is 41.9 Å². The van der Waals surface area contributed by atoms with Gasteiger partial charge in [0.2, 0.25) is 0 Å². The van der Waals surface area contributed by atoms with E-state index in [0.29, 0.717) is 31.0 Å². The van der Waals surface area contributed by atoms with Crippen LogP contribution >= 0.6 is 0 Å². The molecule has 8 heteroatoms. The fourth-order valence-corrected chi connectivity index (χ4v) is 3.00. The van der Waals surface area contributed by atoms with Gasteiger partial charge in [0.1, 0.15) is 22.9 Å². The highest BCUT2D eigenvalue weighted by molar-refractivity contribution is 5.98. The van der Waals surface area contributed by atoms with Gasteiger partial charge in [-0.1, -0.05) is 0 Å². The molecule has 2 aromatic carbocycles. The second kappa shape index (κ2) is 9.01. The average molecular weight is 398 g/mol. The number of nitrogens with zero attached hydrogens (tertiary/aromatic N) is 1. The highest BCUT2D eigenvalue weighted by Crippen LogP contribution is 2.25. The van der Waals surface area contributed by atoms with Gasteiger partial charge in [0.15, 0.2) is 6.61 Å². The van der Waals surface area contributed by atoms with Gasteiger partial charge in [0.25, 0.3) is 5.91 Å². The van der Waals surface area contributed by atoms with E-state index >= 15 is 0 Å². The van der Waals surface area contributed by atoms with E-state index < -0.39 is 18.5 Å². The van der Waals surface area contributed by atoms with E-state index in [-0.39, 0.29) is 0 Å². The van der Waals surface area contributed by atoms with E-state index in [2.05, 4.69) is 0 Å². The van der Waals surface area contributed by atoms with Crippen molar-refractivity contribution in [1.82, 2.24) is 4.57 Å². The summed E-state index contributed by atoms with van der Waals surface area (Å²) in [5, 5.41) is 9.59. The number of primary amides is 1. The van der Waals surface area contributed by atoms with Gasteiger partial charge < -0.3 is 29.6 Å². The highest BCUT2D eigenvalue weighted by Gasteiger charge is 2.14. The van der Waals surface area contributed by atoms with Crippen LogP contribution in [0.3, 0.4) is 0 Å². The molecule has 0 fully saturated rings. The van der Waals surface area contributed by atoms with Crippen LogP contribution in [-0.2, 0) is 11.3 Å². The van der Waals surface area contributed by atoms with Crippen LogP contribution in [0.1, 0.15) is 16.9 Å². The number of aliphatic carboxylic acids is 1. The number of hydrogen-bond donors (Lipinski definition) is 2. The fraction of sp³-hybridized carbons (Fsp3) is 0.238. The van der Waals surface area contributed by atoms with Crippen molar-refractivity contribution in [1.29, 1.82) is 0 Å². The summed E-state index contributed by atoms with van der Waals surface area (Å²) in [6.07, 6.45) is 0.635. The first-order valence-electron chi connectivity index (χ1n) is 9.02. The van der Waals surface area contributed by atoms with Crippen molar-refractivity contribution >= 4 is 22.8 Å². The first kappa shape index (κ1) is 20.1. The number of ether oxygens (including phenoxy) is 3. The van der Waals surface area contributed by atoms with Crippen molar-refractivity contribution in [3.05, 3.63) is 54.2 Å². The predicted molar refractivity (Wildman–Crippen MR) is 107 cm³/mol. The number of aryl methyl sites for hydroxylation is 1. The standard InChI is InChI=1S/C21H22N2O6/c1-27-15-5-7-16(8-6-15)28-10-2-9-23-18-12-17(29-13-20(24)25)4-3-14(18)11-19(23)21(22)26/h3-8,11-12H,2,9-10,13H2,1H3,(H2,22,26)(H,24,25). The number of benzene rings is 2. The number of fused-ring (bicyclic) bond motifs is 1. The van der Waals surface area contributed by atoms with Crippen LogP contribution in [0.4, 0.5) is 0 Å². The summed E-state index contributed by atoms with van der Waals surface area (Å²) in [5.74, 6) is 0.287. The molecule has 0 saturated heterocycles. The molecule has 3 aromatic rings. The van der Waals surface area contributed by atoms with Gasteiger partial charge in [0.05, 0.1) is 19.2 Å². The number of nitrogens with two attached hydrogens (primary N) is 1. The number of amides is 1. The molecule has 0 atom stereocenters. The van der Waals surface area contributed by atoms with Crippen molar-refractivity contribution in [2.75, 3.05) is 20.3 Å². The molecular formula is C21H22N2O6. The number of carbonyl (C=O) groups is 2. The van der Waals surface area contributed by atoms with Crippen LogP contribution in [0, 0.1) is 0 Å². The molecule has 0 aliphatic heterocycles. The van der Waals surface area contributed by atoms with Crippen LogP contribution in [0.25, 0.3) is 10.9 Å². The maximum atomic E-state index is 11.9. The number of carboxylic acids is 1. The molecule has 0 aliphatic carbocycles. The summed E-state index contributed by atoms with van der Waals surface area (Å²) < 4.78 is 17.9. The number of methoxy groups -OCH3 is 1. The largest absolute Gasteiger partial charge is 0.497 e. The fourth-order valence-electron chi connectivity index (χ4n) is 3.00. The van der Waals surface area contributed by atoms with Crippen LogP contribution < -0.4 is 19.9 Å². The molecule has 0 saturated carbocycles. The van der Waals surface area contributed by atoms with Gasteiger partial charge in [0, 0.05) is 18.0 Å².